The maximum Gasteiger partial charge on any atom is 0.253 e. The molecule has 0 saturated carbocycles. The molecule has 3 aromatic heterocycles. The Morgan fingerprint density at radius 2 is 2.12 bits per heavy atom. The summed E-state index contributed by atoms with van der Waals surface area (Å²) in [5, 5.41) is 17.7. The summed E-state index contributed by atoms with van der Waals surface area (Å²) in [6.45, 7) is 5.75. The Hall–Kier alpha value is -2.63. The van der Waals surface area contributed by atoms with Crippen LogP contribution in [0.5, 0.6) is 0 Å². The summed E-state index contributed by atoms with van der Waals surface area (Å²) in [6, 6.07) is 7.53. The molecule has 0 spiro atoms. The van der Waals surface area contributed by atoms with E-state index in [1.165, 1.54) is 11.8 Å². The molecule has 1 saturated heterocycles. The minimum Gasteiger partial charge on any atom is -0.467 e. The number of morpholine rings is 1. The van der Waals surface area contributed by atoms with Crippen molar-refractivity contribution in [1.82, 2.24) is 19.8 Å². The molecule has 0 radical (unpaired) electrons. The molecule has 32 heavy (non-hydrogen) atoms. The molecule has 5 heterocycles. The van der Waals surface area contributed by atoms with Gasteiger partial charge in [-0.3, -0.25) is 9.36 Å². The highest BCUT2D eigenvalue weighted by Crippen LogP contribution is 2.35. The summed E-state index contributed by atoms with van der Waals surface area (Å²) in [5.41, 5.74) is 0.908. The first kappa shape index (κ1) is 21.2. The third-order valence-corrected chi connectivity index (χ3v) is 7.35. The van der Waals surface area contributed by atoms with E-state index in [2.05, 4.69) is 31.7 Å². The second kappa shape index (κ2) is 9.47. The number of amides is 1. The molecule has 5 rings (SSSR count). The number of hydrazone groups is 1. The molecule has 1 atom stereocenters. The molecule has 2 aliphatic heterocycles. The number of aromatic nitrogens is 3. The van der Waals surface area contributed by atoms with Crippen LogP contribution in [0.25, 0.3) is 0 Å². The molecule has 1 unspecified atom stereocenters. The topological polar surface area (TPSA) is 89.0 Å². The normalized spacial score (nSPS) is 18.9. The van der Waals surface area contributed by atoms with Gasteiger partial charge in [0.1, 0.15) is 11.8 Å². The van der Waals surface area contributed by atoms with Crippen LogP contribution >= 0.6 is 23.1 Å². The number of anilines is 1. The van der Waals surface area contributed by atoms with Crippen LogP contribution in [0.2, 0.25) is 0 Å². The number of carbonyl (C=O) groups excluding carboxylic acids is 1. The largest absolute Gasteiger partial charge is 0.467 e. The zero-order valence-corrected chi connectivity index (χ0v) is 19.3. The van der Waals surface area contributed by atoms with E-state index in [0.29, 0.717) is 19.6 Å². The number of hydrogen-bond acceptors (Lipinski definition) is 9. The standard InChI is InChI=1S/C21H24N6O3S2/c1-2-26-20(25-7-10-29-11-8-25)22-23-21(26)32-14-19(28)27-16(17-5-3-9-30-17)13-15(24-27)18-6-4-12-31-18/h3-6,9,12,16H,2,7-8,10-11,13-14H2,1H3. The summed E-state index contributed by atoms with van der Waals surface area (Å²) in [5.74, 6) is 1.71. The van der Waals surface area contributed by atoms with E-state index in [0.717, 1.165) is 47.1 Å². The lowest BCUT2D eigenvalue weighted by Crippen LogP contribution is -2.38. The molecular weight excluding hydrogens is 448 g/mol. The molecule has 1 fully saturated rings. The predicted molar refractivity (Wildman–Crippen MR) is 123 cm³/mol. The minimum atomic E-state index is -0.233. The fourth-order valence-corrected chi connectivity index (χ4v) is 5.46. The van der Waals surface area contributed by atoms with Gasteiger partial charge in [0.2, 0.25) is 5.95 Å². The molecule has 0 aliphatic carbocycles. The van der Waals surface area contributed by atoms with Crippen molar-refractivity contribution in [1.29, 1.82) is 0 Å². The van der Waals surface area contributed by atoms with Crippen LogP contribution in [0.4, 0.5) is 5.95 Å². The van der Waals surface area contributed by atoms with Gasteiger partial charge in [0.15, 0.2) is 5.16 Å². The number of thioether (sulfide) groups is 1. The van der Waals surface area contributed by atoms with Gasteiger partial charge < -0.3 is 14.1 Å². The lowest BCUT2D eigenvalue weighted by atomic mass is 10.1. The van der Waals surface area contributed by atoms with Gasteiger partial charge in [0.05, 0.1) is 35.8 Å². The predicted octanol–water partition coefficient (Wildman–Crippen LogP) is 3.26. The third kappa shape index (κ3) is 4.19. The van der Waals surface area contributed by atoms with E-state index in [1.54, 1.807) is 22.6 Å². The smallest absolute Gasteiger partial charge is 0.253 e. The van der Waals surface area contributed by atoms with E-state index in [4.69, 9.17) is 9.15 Å². The van der Waals surface area contributed by atoms with Crippen LogP contribution in [0.15, 0.2) is 50.6 Å². The summed E-state index contributed by atoms with van der Waals surface area (Å²) in [7, 11) is 0. The molecule has 1 amide bonds. The van der Waals surface area contributed by atoms with Crippen molar-refractivity contribution in [3.8, 4) is 0 Å². The van der Waals surface area contributed by atoms with E-state index >= 15 is 0 Å². The Balaban J connectivity index is 1.32. The van der Waals surface area contributed by atoms with Gasteiger partial charge >= 0.3 is 0 Å². The van der Waals surface area contributed by atoms with E-state index in [-0.39, 0.29) is 17.7 Å². The first-order chi connectivity index (χ1) is 15.7. The number of furan rings is 1. The lowest BCUT2D eigenvalue weighted by molar-refractivity contribution is -0.130. The second-order valence-electron chi connectivity index (χ2n) is 7.41. The first-order valence-electron chi connectivity index (χ1n) is 10.6. The number of hydrogen-bond donors (Lipinski definition) is 0. The van der Waals surface area contributed by atoms with E-state index in [9.17, 15) is 4.79 Å². The quantitative estimate of drug-likeness (QED) is 0.488. The van der Waals surface area contributed by atoms with Gasteiger partial charge in [-0.05, 0) is 30.5 Å². The van der Waals surface area contributed by atoms with Gasteiger partial charge in [-0.1, -0.05) is 17.8 Å². The monoisotopic (exact) mass is 472 g/mol. The average Bonchev–Trinajstić information content (AvgIpc) is 3.63. The molecule has 0 N–H and O–H groups in total. The van der Waals surface area contributed by atoms with Crippen molar-refractivity contribution in [2.24, 2.45) is 5.10 Å². The number of ether oxygens (including phenoxy) is 1. The average molecular weight is 473 g/mol. The molecular formula is C21H24N6O3S2. The maximum atomic E-state index is 13.2. The van der Waals surface area contributed by atoms with Gasteiger partial charge in [-0.25, -0.2) is 5.01 Å². The van der Waals surface area contributed by atoms with Crippen LogP contribution in [-0.4, -0.2) is 63.4 Å². The molecule has 0 bridgehead atoms. The zero-order chi connectivity index (χ0) is 21.9. The first-order valence-corrected chi connectivity index (χ1v) is 12.5. The number of rotatable bonds is 7. The second-order valence-corrected chi connectivity index (χ2v) is 9.30. The molecule has 2 aliphatic rings. The van der Waals surface area contributed by atoms with Gasteiger partial charge in [-0.15, -0.1) is 21.5 Å². The van der Waals surface area contributed by atoms with Crippen LogP contribution in [0, 0.1) is 0 Å². The Bertz CT molecular complexity index is 1070. The highest BCUT2D eigenvalue weighted by molar-refractivity contribution is 7.99. The molecule has 3 aromatic rings. The molecule has 9 nitrogen and oxygen atoms in total. The van der Waals surface area contributed by atoms with Gasteiger partial charge in [-0.2, -0.15) is 5.10 Å². The van der Waals surface area contributed by atoms with E-state index < -0.39 is 0 Å². The maximum absolute atomic E-state index is 13.2. The minimum absolute atomic E-state index is 0.0819. The fourth-order valence-electron chi connectivity index (χ4n) is 3.89. The number of thiophene rings is 1. The Kier molecular flexibility index (Phi) is 6.28. The SMILES string of the molecule is CCn1c(SCC(=O)N2N=C(c3cccs3)CC2c2ccco2)nnc1N1CCOCC1. The Morgan fingerprint density at radius 3 is 2.84 bits per heavy atom. The molecule has 168 valence electrons. The Morgan fingerprint density at radius 1 is 1.25 bits per heavy atom. The number of carbonyl (C=O) groups is 1. The van der Waals surface area contributed by atoms with Gasteiger partial charge in [0, 0.05) is 26.1 Å². The van der Waals surface area contributed by atoms with Crippen molar-refractivity contribution >= 4 is 40.7 Å². The van der Waals surface area contributed by atoms with Crippen molar-refractivity contribution in [3.05, 3.63) is 46.5 Å². The highest BCUT2D eigenvalue weighted by atomic mass is 32.2. The van der Waals surface area contributed by atoms with Crippen molar-refractivity contribution in [3.63, 3.8) is 0 Å². The zero-order valence-electron chi connectivity index (χ0n) is 17.7. The lowest BCUT2D eigenvalue weighted by Gasteiger charge is -2.27. The summed E-state index contributed by atoms with van der Waals surface area (Å²) in [6.07, 6.45) is 2.27. The third-order valence-electron chi connectivity index (χ3n) is 5.48. The van der Waals surface area contributed by atoms with Crippen molar-refractivity contribution in [2.75, 3.05) is 37.0 Å². The number of nitrogens with zero attached hydrogens (tertiary/aromatic N) is 6. The Labute approximate surface area is 194 Å². The summed E-state index contributed by atoms with van der Waals surface area (Å²) >= 11 is 3.02. The van der Waals surface area contributed by atoms with Crippen molar-refractivity contribution in [2.45, 2.75) is 31.1 Å². The van der Waals surface area contributed by atoms with Crippen LogP contribution in [0.1, 0.15) is 30.0 Å². The van der Waals surface area contributed by atoms with Crippen LogP contribution in [-0.2, 0) is 16.1 Å². The fraction of sp³-hybridized carbons (Fsp3) is 0.429. The van der Waals surface area contributed by atoms with Crippen molar-refractivity contribution < 1.29 is 13.9 Å². The highest BCUT2D eigenvalue weighted by Gasteiger charge is 2.35. The summed E-state index contributed by atoms with van der Waals surface area (Å²) in [4.78, 5) is 16.5. The summed E-state index contributed by atoms with van der Waals surface area (Å²) < 4.78 is 13.1. The van der Waals surface area contributed by atoms with Crippen LogP contribution in [0.3, 0.4) is 0 Å². The van der Waals surface area contributed by atoms with Crippen LogP contribution < -0.4 is 4.90 Å². The molecule has 11 heteroatoms. The van der Waals surface area contributed by atoms with E-state index in [1.807, 2.05) is 29.6 Å². The molecule has 0 aromatic carbocycles. The van der Waals surface area contributed by atoms with Gasteiger partial charge in [0.25, 0.3) is 5.91 Å².